The molecular formula is C63H44N6OPt-2. The number of hydrogen-bond donors (Lipinski definition) is 0. The van der Waals surface area contributed by atoms with Gasteiger partial charge in [0.2, 0.25) is 0 Å². The molecule has 8 aromatic carbocycles. The molecule has 0 aliphatic carbocycles. The second-order valence-corrected chi connectivity index (χ2v) is 18.0. The number of benzene rings is 8. The van der Waals surface area contributed by atoms with Crippen molar-refractivity contribution >= 4 is 54.6 Å². The molecule has 0 atom stereocenters. The van der Waals surface area contributed by atoms with E-state index < -0.39 is 60.4 Å². The first-order chi connectivity index (χ1) is 38.5. The topological polar surface area (TPSA) is 53.7 Å². The van der Waals surface area contributed by atoms with Crippen molar-refractivity contribution in [3.63, 3.8) is 0 Å². The molecule has 0 saturated carbocycles. The Morgan fingerprint density at radius 2 is 1.17 bits per heavy atom. The zero-order valence-corrected chi connectivity index (χ0v) is 40.6. The van der Waals surface area contributed by atoms with Crippen LogP contribution in [0.3, 0.4) is 0 Å². The van der Waals surface area contributed by atoms with Crippen LogP contribution in [0, 0.1) is 18.5 Å². The van der Waals surface area contributed by atoms with Gasteiger partial charge in [-0.05, 0) is 86.8 Å². The van der Waals surface area contributed by atoms with Gasteiger partial charge in [-0.25, -0.2) is 4.98 Å². The maximum absolute atomic E-state index is 9.06. The van der Waals surface area contributed by atoms with Crippen molar-refractivity contribution in [1.82, 2.24) is 23.7 Å². The van der Waals surface area contributed by atoms with Crippen molar-refractivity contribution < 1.29 is 44.1 Å². The number of ether oxygens (including phenoxy) is 1. The van der Waals surface area contributed by atoms with E-state index in [1.54, 1.807) is 51.7 Å². The summed E-state index contributed by atoms with van der Waals surface area (Å²) in [5.74, 6) is 1.63. The number of nitrogens with zero attached hydrogens (tertiary/aromatic N) is 6. The summed E-state index contributed by atoms with van der Waals surface area (Å²) in [6.07, 6.45) is 6.77. The van der Waals surface area contributed by atoms with E-state index >= 15 is 0 Å². The monoisotopic (exact) mass is 1110 g/mol. The van der Waals surface area contributed by atoms with Gasteiger partial charge in [0.15, 0.2) is 0 Å². The fourth-order valence-electron chi connectivity index (χ4n) is 9.55. The van der Waals surface area contributed by atoms with Crippen LogP contribution in [0.5, 0.6) is 11.5 Å². The van der Waals surface area contributed by atoms with Gasteiger partial charge in [-0.2, -0.15) is 18.2 Å². The molecule has 7 nitrogen and oxygen atoms in total. The number of pyridine rings is 2. The first-order valence-corrected chi connectivity index (χ1v) is 22.8. The van der Waals surface area contributed by atoms with Crippen LogP contribution in [0.2, 0.25) is 0 Å². The standard InChI is InChI=1S/C63H44N6O.Pt/c1-63(2,3)44-33-35-65-61(37-44)69-56-32-29-45(68-54-25-12-10-21-50(54)51-22-11-13-26-55(51)68)38-53(56)52-31-30-46(39-59(52)69)70-47-34-36-64-60(40-47)66-41-67(58-28-15-14-27-57(58)66)62-48(42-17-6-4-7-18-42)23-16-24-49(62)43-19-8-5-9-20-43;/h4-38H,1-3H3;/q-2;/i4D,5D,6D,7D,8D,9D,17D,18D,19D,20D;. The quantitative estimate of drug-likeness (QED) is 0.113. The van der Waals surface area contributed by atoms with Gasteiger partial charge in [0, 0.05) is 55.0 Å². The minimum Gasteiger partial charge on any atom is -0.522 e. The fraction of sp³-hybridized carbons (Fsp3) is 0.0635. The number of rotatable bonds is 8. The van der Waals surface area contributed by atoms with Gasteiger partial charge in [-0.3, -0.25) is 14.1 Å². The fourth-order valence-corrected chi connectivity index (χ4v) is 9.55. The van der Waals surface area contributed by atoms with Crippen LogP contribution in [0.25, 0.3) is 99.9 Å². The average molecular weight is 1110 g/mol. The van der Waals surface area contributed by atoms with Crippen LogP contribution in [-0.2, 0) is 26.5 Å². The summed E-state index contributed by atoms with van der Waals surface area (Å²) in [6, 6.07) is 46.5. The van der Waals surface area contributed by atoms with Crippen molar-refractivity contribution in [2.24, 2.45) is 0 Å². The zero-order valence-electron chi connectivity index (χ0n) is 48.3. The molecule has 13 aromatic rings. The Hall–Kier alpha value is -8.38. The molecule has 5 heterocycles. The Bertz CT molecular complexity index is 4580. The molecule has 5 aromatic heterocycles. The third-order valence-electron chi connectivity index (χ3n) is 12.8. The molecular weight excluding hydrogens is 1050 g/mol. The maximum Gasteiger partial charge on any atom is 0.269 e. The predicted octanol–water partition coefficient (Wildman–Crippen LogP) is 14.7. The minimum atomic E-state index is -0.584. The van der Waals surface area contributed by atoms with E-state index in [2.05, 4.69) is 121 Å². The van der Waals surface area contributed by atoms with Crippen molar-refractivity contribution in [2.45, 2.75) is 26.2 Å². The van der Waals surface area contributed by atoms with Gasteiger partial charge < -0.3 is 13.9 Å². The van der Waals surface area contributed by atoms with Gasteiger partial charge in [0.05, 0.1) is 47.3 Å². The molecule has 0 spiro atoms. The van der Waals surface area contributed by atoms with E-state index in [4.69, 9.17) is 28.4 Å². The molecule has 0 radical (unpaired) electrons. The van der Waals surface area contributed by atoms with Crippen LogP contribution in [0.15, 0.2) is 212 Å². The molecule has 0 aliphatic heterocycles. The molecule has 0 bridgehead atoms. The molecule has 0 amide bonds. The normalized spacial score (nSPS) is 13.7. The minimum absolute atomic E-state index is 0. The van der Waals surface area contributed by atoms with E-state index in [9.17, 15) is 0 Å². The second kappa shape index (κ2) is 17.5. The molecule has 0 N–H and O–H groups in total. The molecule has 0 aliphatic rings. The van der Waals surface area contributed by atoms with Crippen molar-refractivity contribution in [3.05, 3.63) is 236 Å². The predicted molar refractivity (Wildman–Crippen MR) is 282 cm³/mol. The largest absolute Gasteiger partial charge is 0.522 e. The van der Waals surface area contributed by atoms with Crippen LogP contribution in [0.1, 0.15) is 40.0 Å². The maximum atomic E-state index is 9.06. The number of para-hydroxylation sites is 5. The molecule has 344 valence electrons. The van der Waals surface area contributed by atoms with Crippen LogP contribution < -0.4 is 9.30 Å². The van der Waals surface area contributed by atoms with E-state index in [0.717, 1.165) is 49.9 Å². The Balaban J connectivity index is 0.00000651. The third kappa shape index (κ3) is 7.52. The zero-order chi connectivity index (χ0) is 55.6. The summed E-state index contributed by atoms with van der Waals surface area (Å²) in [5, 5.41) is 4.26. The van der Waals surface area contributed by atoms with Crippen molar-refractivity contribution in [1.29, 1.82) is 0 Å². The summed E-state index contributed by atoms with van der Waals surface area (Å²) in [7, 11) is 0. The Morgan fingerprint density at radius 1 is 0.549 bits per heavy atom. The molecule has 0 saturated heterocycles. The molecule has 8 heteroatoms. The number of imidazole rings is 1. The van der Waals surface area contributed by atoms with Crippen LogP contribution in [-0.4, -0.2) is 23.7 Å². The molecule has 71 heavy (non-hydrogen) atoms. The van der Waals surface area contributed by atoms with Gasteiger partial charge in [0.25, 0.3) is 6.33 Å². The second-order valence-electron chi connectivity index (χ2n) is 18.0. The van der Waals surface area contributed by atoms with Gasteiger partial charge in [-0.1, -0.05) is 172 Å². The molecule has 13 rings (SSSR count). The smallest absolute Gasteiger partial charge is 0.269 e. The SMILES string of the molecule is [2H]c1c([2H])c([2H])c(-c2cccc(-c3c([2H])c([2H])c([2H])c([2H])c3[2H])c2-[n+]2[c-]n(-c3[c-]c(Oc4[c-]c5c(cc4)c4cc(-n6c7ccccc7c7ccccc76)ccc4n5-c4cc(C(C)(C)C)ccn4)ccn3)c3ccccc32)c([2H])c1[2H].[Pt]. The average Bonchev–Trinajstić information content (AvgIpc) is 4.34. The Morgan fingerprint density at radius 3 is 1.86 bits per heavy atom. The summed E-state index contributed by atoms with van der Waals surface area (Å²) in [5.41, 5.74) is 6.91. The van der Waals surface area contributed by atoms with E-state index in [1.807, 2.05) is 36.5 Å². The molecule has 0 unspecified atom stereocenters. The van der Waals surface area contributed by atoms with E-state index in [-0.39, 0.29) is 66.0 Å². The van der Waals surface area contributed by atoms with Crippen molar-refractivity contribution in [2.75, 3.05) is 0 Å². The first kappa shape index (κ1) is 34.0. The number of hydrogen-bond acceptors (Lipinski definition) is 3. The van der Waals surface area contributed by atoms with Gasteiger partial charge in [0.1, 0.15) is 5.82 Å². The number of aromatic nitrogens is 6. The van der Waals surface area contributed by atoms with Gasteiger partial charge >= 0.3 is 0 Å². The molecule has 0 fully saturated rings. The van der Waals surface area contributed by atoms with E-state index in [1.165, 1.54) is 10.8 Å². The summed E-state index contributed by atoms with van der Waals surface area (Å²) < 4.78 is 102. The third-order valence-corrected chi connectivity index (χ3v) is 12.8. The summed E-state index contributed by atoms with van der Waals surface area (Å²) in [4.78, 5) is 9.65. The Kier molecular flexibility index (Phi) is 8.40. The van der Waals surface area contributed by atoms with Crippen LogP contribution in [0.4, 0.5) is 0 Å². The van der Waals surface area contributed by atoms with Gasteiger partial charge in [-0.15, -0.1) is 17.5 Å². The first-order valence-electron chi connectivity index (χ1n) is 27.8. The van der Waals surface area contributed by atoms with E-state index in [0.29, 0.717) is 16.8 Å². The number of fused-ring (bicyclic) bond motifs is 7. The summed E-state index contributed by atoms with van der Waals surface area (Å²) in [6.45, 7) is 6.52. The van der Waals surface area contributed by atoms with Crippen molar-refractivity contribution in [3.8, 4) is 56.8 Å². The summed E-state index contributed by atoms with van der Waals surface area (Å²) >= 11 is 0. The van der Waals surface area contributed by atoms with Crippen LogP contribution >= 0.6 is 0 Å². The Labute approximate surface area is 439 Å².